The third-order valence-corrected chi connectivity index (χ3v) is 3.79. The molecule has 1 nitrogen and oxygen atoms in total. The average molecular weight is 291 g/mol. The Kier molecular flexibility index (Phi) is 2.95. The van der Waals surface area contributed by atoms with E-state index in [1.165, 1.54) is 0 Å². The minimum absolute atomic E-state index is 0.0970. The van der Waals surface area contributed by atoms with E-state index in [2.05, 4.69) is 15.9 Å². The summed E-state index contributed by atoms with van der Waals surface area (Å²) in [7, 11) is 0. The quantitative estimate of drug-likeness (QED) is 0.747. The normalized spacial score (nSPS) is 19.4. The van der Waals surface area contributed by atoms with Gasteiger partial charge in [0, 0.05) is 11.0 Å². The van der Waals surface area contributed by atoms with Gasteiger partial charge in [0.1, 0.15) is 10.6 Å². The second-order valence-electron chi connectivity index (χ2n) is 4.66. The fourth-order valence-electron chi connectivity index (χ4n) is 1.86. The molecule has 88 valence electrons. The Labute approximate surface area is 102 Å². The predicted molar refractivity (Wildman–Crippen MR) is 62.6 cm³/mol. The first kappa shape index (κ1) is 11.8. The SMILES string of the molecule is CC1(C)COc2ccc(C(Br)C(F)F)cc21. The summed E-state index contributed by atoms with van der Waals surface area (Å²) < 4.78 is 30.7. The zero-order chi connectivity index (χ0) is 11.9. The molecule has 0 fully saturated rings. The summed E-state index contributed by atoms with van der Waals surface area (Å²) in [4.78, 5) is -0.908. The van der Waals surface area contributed by atoms with Gasteiger partial charge in [-0.2, -0.15) is 0 Å². The Morgan fingerprint density at radius 3 is 2.69 bits per heavy atom. The summed E-state index contributed by atoms with van der Waals surface area (Å²) in [6.45, 7) is 4.70. The Morgan fingerprint density at radius 1 is 1.38 bits per heavy atom. The molecule has 0 saturated carbocycles. The van der Waals surface area contributed by atoms with E-state index in [1.807, 2.05) is 19.9 Å². The van der Waals surface area contributed by atoms with Crippen LogP contribution in [0.1, 0.15) is 29.8 Å². The maximum Gasteiger partial charge on any atom is 0.255 e. The van der Waals surface area contributed by atoms with Crippen LogP contribution in [0.25, 0.3) is 0 Å². The van der Waals surface area contributed by atoms with Gasteiger partial charge in [0.15, 0.2) is 0 Å². The molecule has 0 N–H and O–H groups in total. The molecule has 0 aliphatic carbocycles. The second-order valence-corrected chi connectivity index (χ2v) is 5.65. The molecule has 1 aliphatic rings. The van der Waals surface area contributed by atoms with Crippen LogP contribution in [0.4, 0.5) is 8.78 Å². The molecule has 0 radical (unpaired) electrons. The first-order valence-corrected chi connectivity index (χ1v) is 6.03. The van der Waals surface area contributed by atoms with Gasteiger partial charge < -0.3 is 4.74 Å². The van der Waals surface area contributed by atoms with Crippen molar-refractivity contribution in [3.63, 3.8) is 0 Å². The van der Waals surface area contributed by atoms with Crippen molar-refractivity contribution in [2.24, 2.45) is 0 Å². The van der Waals surface area contributed by atoms with E-state index in [1.54, 1.807) is 12.1 Å². The maximum absolute atomic E-state index is 12.6. The number of alkyl halides is 3. The van der Waals surface area contributed by atoms with Crippen molar-refractivity contribution in [1.82, 2.24) is 0 Å². The van der Waals surface area contributed by atoms with Gasteiger partial charge in [0.05, 0.1) is 6.61 Å². The predicted octanol–water partition coefficient (Wildman–Crippen LogP) is 4.06. The van der Waals surface area contributed by atoms with E-state index in [0.717, 1.165) is 11.3 Å². The van der Waals surface area contributed by atoms with Gasteiger partial charge in [-0.25, -0.2) is 8.78 Å². The smallest absolute Gasteiger partial charge is 0.255 e. The maximum atomic E-state index is 12.6. The largest absolute Gasteiger partial charge is 0.492 e. The molecule has 1 aromatic carbocycles. The summed E-state index contributed by atoms with van der Waals surface area (Å²) in [6, 6.07) is 5.27. The highest BCUT2D eigenvalue weighted by atomic mass is 79.9. The van der Waals surface area contributed by atoms with Crippen molar-refractivity contribution in [2.45, 2.75) is 30.5 Å². The lowest BCUT2D eigenvalue weighted by Crippen LogP contribution is -2.18. The summed E-state index contributed by atoms with van der Waals surface area (Å²) in [5.74, 6) is 0.808. The molecule has 0 bridgehead atoms. The minimum Gasteiger partial charge on any atom is -0.492 e. The minimum atomic E-state index is -2.40. The first-order chi connectivity index (χ1) is 7.42. The third kappa shape index (κ3) is 1.95. The fraction of sp³-hybridized carbons (Fsp3) is 0.500. The van der Waals surface area contributed by atoms with Gasteiger partial charge in [-0.3, -0.25) is 0 Å². The van der Waals surface area contributed by atoms with Crippen molar-refractivity contribution in [3.05, 3.63) is 29.3 Å². The highest BCUT2D eigenvalue weighted by molar-refractivity contribution is 9.09. The highest BCUT2D eigenvalue weighted by Crippen LogP contribution is 2.41. The van der Waals surface area contributed by atoms with E-state index in [0.29, 0.717) is 12.2 Å². The lowest BCUT2D eigenvalue weighted by atomic mass is 9.86. The lowest BCUT2D eigenvalue weighted by molar-refractivity contribution is 0.147. The third-order valence-electron chi connectivity index (χ3n) is 2.86. The Balaban J connectivity index is 2.39. The van der Waals surface area contributed by atoms with Gasteiger partial charge in [-0.1, -0.05) is 41.9 Å². The summed E-state index contributed by atoms with van der Waals surface area (Å²) in [5, 5.41) is 0. The number of rotatable bonds is 2. The van der Waals surface area contributed by atoms with E-state index < -0.39 is 11.3 Å². The number of hydrogen-bond donors (Lipinski definition) is 0. The number of hydrogen-bond acceptors (Lipinski definition) is 1. The van der Waals surface area contributed by atoms with Gasteiger partial charge in [0.25, 0.3) is 6.43 Å². The van der Waals surface area contributed by atoms with Crippen LogP contribution in [0.15, 0.2) is 18.2 Å². The van der Waals surface area contributed by atoms with Crippen molar-refractivity contribution in [3.8, 4) is 5.75 Å². The first-order valence-electron chi connectivity index (χ1n) is 5.11. The van der Waals surface area contributed by atoms with E-state index >= 15 is 0 Å². The fourth-order valence-corrected chi connectivity index (χ4v) is 2.14. The molecule has 16 heavy (non-hydrogen) atoms. The monoisotopic (exact) mass is 290 g/mol. The molecule has 1 heterocycles. The standard InChI is InChI=1S/C12H13BrF2O/c1-12(2)6-16-9-4-3-7(5-8(9)12)10(13)11(14)15/h3-5,10-11H,6H2,1-2H3. The van der Waals surface area contributed by atoms with Crippen LogP contribution in [0, 0.1) is 0 Å². The molecule has 1 atom stereocenters. The Hall–Kier alpha value is -0.640. The molecule has 2 rings (SSSR count). The number of halogens is 3. The summed E-state index contributed by atoms with van der Waals surface area (Å²) in [6.07, 6.45) is -2.40. The zero-order valence-electron chi connectivity index (χ0n) is 9.14. The van der Waals surface area contributed by atoms with Crippen LogP contribution in [0.2, 0.25) is 0 Å². The van der Waals surface area contributed by atoms with E-state index in [9.17, 15) is 8.78 Å². The molecule has 1 aliphatic heterocycles. The highest BCUT2D eigenvalue weighted by Gasteiger charge is 2.33. The number of benzene rings is 1. The lowest BCUT2D eigenvalue weighted by Gasteiger charge is -2.17. The number of fused-ring (bicyclic) bond motifs is 1. The van der Waals surface area contributed by atoms with Crippen LogP contribution in [0.3, 0.4) is 0 Å². The van der Waals surface area contributed by atoms with Crippen molar-refractivity contribution in [2.75, 3.05) is 6.61 Å². The summed E-state index contributed by atoms with van der Waals surface area (Å²) >= 11 is 3.01. The van der Waals surface area contributed by atoms with Crippen LogP contribution in [0.5, 0.6) is 5.75 Å². The molecule has 0 aromatic heterocycles. The van der Waals surface area contributed by atoms with Gasteiger partial charge in [-0.15, -0.1) is 0 Å². The van der Waals surface area contributed by atoms with E-state index in [4.69, 9.17) is 4.74 Å². The molecule has 0 saturated heterocycles. The number of ether oxygens (including phenoxy) is 1. The Morgan fingerprint density at radius 2 is 2.06 bits per heavy atom. The van der Waals surface area contributed by atoms with Crippen LogP contribution < -0.4 is 4.74 Å². The van der Waals surface area contributed by atoms with Gasteiger partial charge in [0.2, 0.25) is 0 Å². The van der Waals surface area contributed by atoms with Crippen LogP contribution in [-0.4, -0.2) is 13.0 Å². The molecule has 0 spiro atoms. The summed E-state index contributed by atoms with van der Waals surface area (Å²) in [5.41, 5.74) is 1.52. The van der Waals surface area contributed by atoms with Crippen LogP contribution in [-0.2, 0) is 5.41 Å². The Bertz CT molecular complexity index is 404. The zero-order valence-corrected chi connectivity index (χ0v) is 10.7. The molecule has 0 amide bonds. The van der Waals surface area contributed by atoms with Crippen molar-refractivity contribution in [1.29, 1.82) is 0 Å². The average Bonchev–Trinajstić information content (AvgIpc) is 2.53. The van der Waals surface area contributed by atoms with Crippen LogP contribution >= 0.6 is 15.9 Å². The van der Waals surface area contributed by atoms with Gasteiger partial charge >= 0.3 is 0 Å². The van der Waals surface area contributed by atoms with Gasteiger partial charge in [-0.05, 0) is 11.6 Å². The molecule has 1 unspecified atom stereocenters. The second kappa shape index (κ2) is 3.99. The molecule has 4 heteroatoms. The van der Waals surface area contributed by atoms with E-state index in [-0.39, 0.29) is 5.41 Å². The molecular formula is C12H13BrF2O. The topological polar surface area (TPSA) is 9.23 Å². The molecular weight excluding hydrogens is 278 g/mol. The van der Waals surface area contributed by atoms with Crippen molar-refractivity contribution < 1.29 is 13.5 Å². The van der Waals surface area contributed by atoms with Crippen molar-refractivity contribution >= 4 is 15.9 Å². The molecule has 1 aromatic rings.